The van der Waals surface area contributed by atoms with Crippen molar-refractivity contribution in [2.45, 2.75) is 0 Å². The number of anilines is 1. The predicted molar refractivity (Wildman–Crippen MR) is 66.2 cm³/mol. The van der Waals surface area contributed by atoms with Gasteiger partial charge in [0, 0.05) is 24.7 Å². The van der Waals surface area contributed by atoms with Crippen LogP contribution in [0.5, 0.6) is 11.5 Å². The van der Waals surface area contributed by atoms with Gasteiger partial charge in [0.25, 0.3) is 0 Å². The highest BCUT2D eigenvalue weighted by atomic mass is 16.5. The number of benzene rings is 1. The Labute approximate surface area is 99.8 Å². The Bertz CT molecular complexity index is 535. The van der Waals surface area contributed by atoms with E-state index in [0.29, 0.717) is 5.82 Å². The van der Waals surface area contributed by atoms with Crippen LogP contribution in [0, 0.1) is 0 Å². The second-order valence-corrected chi connectivity index (χ2v) is 3.64. The van der Waals surface area contributed by atoms with Crippen LogP contribution in [0.3, 0.4) is 0 Å². The van der Waals surface area contributed by atoms with Crippen LogP contribution < -0.4 is 15.2 Å². The predicted octanol–water partition coefficient (Wildman–Crippen LogP) is 1.69. The van der Waals surface area contributed by atoms with E-state index in [1.54, 1.807) is 18.9 Å². The molecule has 0 spiro atoms. The molecule has 1 heterocycles. The number of rotatable bonds is 3. The Hall–Kier alpha value is -2.17. The average Bonchev–Trinajstić information content (AvgIpc) is 2.67. The van der Waals surface area contributed by atoms with Crippen LogP contribution in [-0.4, -0.2) is 24.0 Å². The van der Waals surface area contributed by atoms with Crippen molar-refractivity contribution in [3.05, 3.63) is 24.3 Å². The van der Waals surface area contributed by atoms with Crippen LogP contribution in [0.2, 0.25) is 0 Å². The maximum Gasteiger partial charge on any atom is 0.146 e. The second kappa shape index (κ2) is 4.37. The summed E-state index contributed by atoms with van der Waals surface area (Å²) in [5, 5.41) is 4.11. The number of aryl methyl sites for hydroxylation is 1. The lowest BCUT2D eigenvalue weighted by Gasteiger charge is -2.10. The molecule has 2 aromatic rings. The number of ether oxygens (including phenoxy) is 2. The van der Waals surface area contributed by atoms with E-state index in [1.807, 2.05) is 31.3 Å². The van der Waals surface area contributed by atoms with Gasteiger partial charge in [-0.1, -0.05) is 0 Å². The number of nitrogens with two attached hydrogens (primary N) is 1. The van der Waals surface area contributed by atoms with E-state index in [2.05, 4.69) is 5.10 Å². The first-order valence-corrected chi connectivity index (χ1v) is 5.17. The number of nitrogens with zero attached hydrogens (tertiary/aromatic N) is 2. The summed E-state index contributed by atoms with van der Waals surface area (Å²) in [5.41, 5.74) is 7.50. The Balaban J connectivity index is 2.55. The molecule has 0 atom stereocenters. The minimum Gasteiger partial charge on any atom is -0.497 e. The molecule has 0 saturated carbocycles. The van der Waals surface area contributed by atoms with Crippen molar-refractivity contribution in [2.75, 3.05) is 20.0 Å². The van der Waals surface area contributed by atoms with Crippen molar-refractivity contribution in [1.29, 1.82) is 0 Å². The zero-order valence-electron chi connectivity index (χ0n) is 10.1. The Morgan fingerprint density at radius 1 is 1.18 bits per heavy atom. The van der Waals surface area contributed by atoms with Gasteiger partial charge in [0.15, 0.2) is 0 Å². The molecule has 0 unspecified atom stereocenters. The molecule has 2 rings (SSSR count). The maximum atomic E-state index is 5.67. The van der Waals surface area contributed by atoms with Gasteiger partial charge in [-0.2, -0.15) is 5.10 Å². The van der Waals surface area contributed by atoms with Crippen LogP contribution in [0.4, 0.5) is 5.82 Å². The van der Waals surface area contributed by atoms with E-state index in [0.717, 1.165) is 22.8 Å². The van der Waals surface area contributed by atoms with Crippen molar-refractivity contribution in [1.82, 2.24) is 9.78 Å². The molecule has 0 aliphatic rings. The molecule has 0 aliphatic heterocycles. The second-order valence-electron chi connectivity index (χ2n) is 3.64. The van der Waals surface area contributed by atoms with Crippen molar-refractivity contribution < 1.29 is 9.47 Å². The van der Waals surface area contributed by atoms with Gasteiger partial charge in [0.2, 0.25) is 0 Å². The number of aromatic nitrogens is 2. The number of methoxy groups -OCH3 is 2. The molecule has 90 valence electrons. The summed E-state index contributed by atoms with van der Waals surface area (Å²) < 4.78 is 12.2. The minimum absolute atomic E-state index is 0.486. The fraction of sp³-hybridized carbons (Fsp3) is 0.250. The Morgan fingerprint density at radius 2 is 1.94 bits per heavy atom. The third-order valence-corrected chi connectivity index (χ3v) is 2.58. The summed E-state index contributed by atoms with van der Waals surface area (Å²) in [4.78, 5) is 0. The van der Waals surface area contributed by atoms with Crippen LogP contribution in [0.15, 0.2) is 24.3 Å². The molecule has 5 heteroatoms. The summed E-state index contributed by atoms with van der Waals surface area (Å²) in [6, 6.07) is 7.44. The zero-order chi connectivity index (χ0) is 12.4. The third-order valence-electron chi connectivity index (χ3n) is 2.58. The molecule has 1 aromatic heterocycles. The fourth-order valence-electron chi connectivity index (χ4n) is 1.75. The normalized spacial score (nSPS) is 10.3. The van der Waals surface area contributed by atoms with Crippen LogP contribution >= 0.6 is 0 Å². The van der Waals surface area contributed by atoms with Gasteiger partial charge in [-0.25, -0.2) is 0 Å². The molecule has 5 nitrogen and oxygen atoms in total. The van der Waals surface area contributed by atoms with E-state index in [-0.39, 0.29) is 0 Å². The largest absolute Gasteiger partial charge is 0.497 e. The summed E-state index contributed by atoms with van der Waals surface area (Å²) in [7, 11) is 5.09. The molecule has 0 amide bonds. The van der Waals surface area contributed by atoms with Crippen LogP contribution in [0.1, 0.15) is 0 Å². The highest BCUT2D eigenvalue weighted by Crippen LogP contribution is 2.33. The first kappa shape index (κ1) is 11.3. The number of hydrogen-bond donors (Lipinski definition) is 1. The van der Waals surface area contributed by atoms with Gasteiger partial charge < -0.3 is 15.2 Å². The summed E-state index contributed by atoms with van der Waals surface area (Å²) in [5.74, 6) is 1.97. The Morgan fingerprint density at radius 3 is 2.47 bits per heavy atom. The van der Waals surface area contributed by atoms with Gasteiger partial charge in [-0.05, 0) is 12.1 Å². The molecule has 0 radical (unpaired) electrons. The van der Waals surface area contributed by atoms with Gasteiger partial charge in [0.05, 0.1) is 19.9 Å². The van der Waals surface area contributed by atoms with Crippen LogP contribution in [-0.2, 0) is 7.05 Å². The van der Waals surface area contributed by atoms with E-state index < -0.39 is 0 Å². The molecular formula is C12H15N3O2. The highest BCUT2D eigenvalue weighted by Gasteiger charge is 2.11. The lowest BCUT2D eigenvalue weighted by Crippen LogP contribution is -1.97. The number of nitrogen functional groups attached to an aromatic ring is 1. The molecule has 1 aromatic carbocycles. The smallest absolute Gasteiger partial charge is 0.146 e. The van der Waals surface area contributed by atoms with E-state index in [1.165, 1.54) is 0 Å². The lowest BCUT2D eigenvalue weighted by molar-refractivity contribution is 0.395. The number of hydrogen-bond acceptors (Lipinski definition) is 4. The van der Waals surface area contributed by atoms with Crippen molar-refractivity contribution >= 4 is 5.82 Å². The van der Waals surface area contributed by atoms with E-state index in [9.17, 15) is 0 Å². The fourth-order valence-corrected chi connectivity index (χ4v) is 1.75. The monoisotopic (exact) mass is 233 g/mol. The molecular weight excluding hydrogens is 218 g/mol. The van der Waals surface area contributed by atoms with Gasteiger partial charge in [0.1, 0.15) is 17.3 Å². The first-order valence-electron chi connectivity index (χ1n) is 5.17. The molecule has 2 N–H and O–H groups in total. The molecule has 0 bridgehead atoms. The Kier molecular flexibility index (Phi) is 2.91. The lowest BCUT2D eigenvalue weighted by atomic mass is 10.1. The zero-order valence-corrected chi connectivity index (χ0v) is 10.1. The van der Waals surface area contributed by atoms with Crippen molar-refractivity contribution in [3.63, 3.8) is 0 Å². The minimum atomic E-state index is 0.486. The first-order chi connectivity index (χ1) is 8.15. The standard InChI is InChI=1S/C12H15N3O2/c1-15-10(7-12(13)14-15)9-5-4-8(16-2)6-11(9)17-3/h4-7H,1-3H3,(H2,13,14). The van der Waals surface area contributed by atoms with Crippen LogP contribution in [0.25, 0.3) is 11.3 Å². The van der Waals surface area contributed by atoms with Gasteiger partial charge in [-0.3, -0.25) is 4.68 Å². The van der Waals surface area contributed by atoms with Crippen molar-refractivity contribution in [3.8, 4) is 22.8 Å². The van der Waals surface area contributed by atoms with Crippen molar-refractivity contribution in [2.24, 2.45) is 7.05 Å². The summed E-state index contributed by atoms with van der Waals surface area (Å²) in [6.45, 7) is 0. The third kappa shape index (κ3) is 2.04. The van der Waals surface area contributed by atoms with Gasteiger partial charge >= 0.3 is 0 Å². The van der Waals surface area contributed by atoms with E-state index >= 15 is 0 Å². The molecule has 0 saturated heterocycles. The van der Waals surface area contributed by atoms with E-state index in [4.69, 9.17) is 15.2 Å². The average molecular weight is 233 g/mol. The SMILES string of the molecule is COc1ccc(-c2cc(N)nn2C)c(OC)c1. The maximum absolute atomic E-state index is 5.67. The highest BCUT2D eigenvalue weighted by molar-refractivity contribution is 5.70. The molecule has 17 heavy (non-hydrogen) atoms. The topological polar surface area (TPSA) is 62.3 Å². The summed E-state index contributed by atoms with van der Waals surface area (Å²) in [6.07, 6.45) is 0. The molecule has 0 aliphatic carbocycles. The summed E-state index contributed by atoms with van der Waals surface area (Å²) >= 11 is 0. The molecule has 0 fully saturated rings. The quantitative estimate of drug-likeness (QED) is 0.876. The van der Waals surface area contributed by atoms with Gasteiger partial charge in [-0.15, -0.1) is 0 Å².